The first kappa shape index (κ1) is 30.5. The molecule has 3 aromatic rings. The van der Waals surface area contributed by atoms with Crippen LogP contribution in [0.3, 0.4) is 0 Å². The molecule has 230 valence electrons. The third kappa shape index (κ3) is 6.11. The van der Waals surface area contributed by atoms with Crippen molar-refractivity contribution in [3.8, 4) is 5.75 Å². The van der Waals surface area contributed by atoms with Gasteiger partial charge in [-0.15, -0.1) is 0 Å². The Morgan fingerprint density at radius 3 is 2.60 bits per heavy atom. The van der Waals surface area contributed by atoms with E-state index in [1.807, 2.05) is 0 Å². The Morgan fingerprint density at radius 2 is 1.93 bits per heavy atom. The van der Waals surface area contributed by atoms with E-state index in [1.54, 1.807) is 52.9 Å². The van der Waals surface area contributed by atoms with Gasteiger partial charge in [0.1, 0.15) is 39.1 Å². The summed E-state index contributed by atoms with van der Waals surface area (Å²) in [6.07, 6.45) is 4.52. The lowest BCUT2D eigenvalue weighted by Gasteiger charge is -2.45. The summed E-state index contributed by atoms with van der Waals surface area (Å²) in [5, 5.41) is 6.93. The van der Waals surface area contributed by atoms with Crippen LogP contribution in [0.5, 0.6) is 5.75 Å². The van der Waals surface area contributed by atoms with E-state index < -0.39 is 43.4 Å². The van der Waals surface area contributed by atoms with Crippen molar-refractivity contribution in [1.82, 2.24) is 20.3 Å². The van der Waals surface area contributed by atoms with Crippen LogP contribution in [0.15, 0.2) is 41.8 Å². The summed E-state index contributed by atoms with van der Waals surface area (Å²) in [4.78, 5) is 29.8. The van der Waals surface area contributed by atoms with Gasteiger partial charge in [-0.1, -0.05) is 0 Å². The van der Waals surface area contributed by atoms with Crippen LogP contribution in [-0.2, 0) is 24.8 Å². The molecule has 1 aliphatic carbocycles. The van der Waals surface area contributed by atoms with E-state index in [2.05, 4.69) is 30.6 Å². The number of rotatable bonds is 7. The van der Waals surface area contributed by atoms with E-state index >= 15 is 4.39 Å². The van der Waals surface area contributed by atoms with Crippen molar-refractivity contribution in [1.29, 1.82) is 0 Å². The number of methoxy groups -OCH3 is 1. The average Bonchev–Trinajstić information content (AvgIpc) is 3.76. The number of halogens is 1. The van der Waals surface area contributed by atoms with Crippen LogP contribution in [0.25, 0.3) is 10.9 Å². The lowest BCUT2D eigenvalue weighted by atomic mass is 9.91. The fourth-order valence-corrected chi connectivity index (χ4v) is 7.65. The number of ether oxygens (including phenoxy) is 3. The summed E-state index contributed by atoms with van der Waals surface area (Å²) < 4.78 is 57.6. The van der Waals surface area contributed by atoms with Gasteiger partial charge in [-0.3, -0.25) is 0 Å². The molecule has 3 aromatic heterocycles. The maximum Gasteiger partial charge on any atom is 0.435 e. The van der Waals surface area contributed by atoms with E-state index in [1.165, 1.54) is 19.4 Å². The zero-order valence-corrected chi connectivity index (χ0v) is 25.7. The molecule has 1 saturated carbocycles. The van der Waals surface area contributed by atoms with E-state index in [0.29, 0.717) is 29.9 Å². The van der Waals surface area contributed by atoms with E-state index in [9.17, 15) is 13.2 Å². The van der Waals surface area contributed by atoms with Crippen LogP contribution >= 0.6 is 0 Å². The van der Waals surface area contributed by atoms with E-state index in [0.717, 1.165) is 11.6 Å². The summed E-state index contributed by atoms with van der Waals surface area (Å²) in [6, 6.07) is 4.95. The molecule has 1 saturated heterocycles. The third-order valence-corrected chi connectivity index (χ3v) is 10.3. The highest BCUT2D eigenvalue weighted by Crippen LogP contribution is 2.49. The summed E-state index contributed by atoms with van der Waals surface area (Å²) in [7, 11) is -2.42. The summed E-state index contributed by atoms with van der Waals surface area (Å²) in [6.45, 7) is 8.26. The lowest BCUT2D eigenvalue weighted by Crippen LogP contribution is -2.66. The molecule has 2 atom stereocenters. The fourth-order valence-electron chi connectivity index (χ4n) is 5.23. The van der Waals surface area contributed by atoms with Gasteiger partial charge in [-0.2, -0.15) is 4.99 Å². The predicted molar refractivity (Wildman–Crippen MR) is 159 cm³/mol. The molecule has 2 fully saturated rings. The van der Waals surface area contributed by atoms with Crippen molar-refractivity contribution < 1.29 is 31.8 Å². The topological polar surface area (TPSA) is 154 Å². The Morgan fingerprint density at radius 1 is 1.19 bits per heavy atom. The molecule has 12 nitrogen and oxygen atoms in total. The molecule has 0 unspecified atom stereocenters. The molecule has 0 aromatic carbocycles. The van der Waals surface area contributed by atoms with Gasteiger partial charge in [0.15, 0.2) is 22.4 Å². The number of aromatic nitrogens is 3. The number of pyridine rings is 3. The second-order valence-electron chi connectivity index (χ2n) is 12.2. The van der Waals surface area contributed by atoms with Crippen LogP contribution in [0, 0.1) is 11.7 Å². The van der Waals surface area contributed by atoms with E-state index in [4.69, 9.17) is 14.2 Å². The number of aliphatic imine (C=N–C) groups is 1. The monoisotopic (exact) mass is 614 g/mol. The third-order valence-electron chi connectivity index (χ3n) is 7.56. The number of nitrogens with one attached hydrogen (secondary N) is 2. The molecule has 0 bridgehead atoms. The Balaban J connectivity index is 1.51. The van der Waals surface area contributed by atoms with E-state index in [-0.39, 0.29) is 29.9 Å². The number of hydrogen-bond acceptors (Lipinski definition) is 10. The minimum absolute atomic E-state index is 0.0201. The number of anilines is 2. The zero-order chi connectivity index (χ0) is 31.2. The number of carbonyl (C=O) groups excluding carboxylic acids is 1. The quantitative estimate of drug-likeness (QED) is 0.358. The Bertz CT molecular complexity index is 1710. The molecule has 1 aliphatic heterocycles. The maximum atomic E-state index is 15.5. The maximum absolute atomic E-state index is 15.5. The molecule has 14 heteroatoms. The van der Waals surface area contributed by atoms with Gasteiger partial charge in [-0.05, 0) is 71.6 Å². The number of nitrogens with zero attached hydrogens (tertiary/aromatic N) is 4. The Hall–Kier alpha value is -3.91. The van der Waals surface area contributed by atoms with Crippen molar-refractivity contribution in [3.63, 3.8) is 0 Å². The largest absolute Gasteiger partial charge is 0.466 e. The number of hydrogen-bond donors (Lipinski definition) is 2. The SMILES string of the molecule is COCOc1cnc2c(Nc3cc([C@]4(C)CS(=O)(=O)[C@@](C)(C5CC5)/C(=N/C(=O)OC(C)(C)C)N4)c(F)cn3)nccc2c1. The molecular weight excluding hydrogens is 579 g/mol. The first-order valence-electron chi connectivity index (χ1n) is 13.8. The molecular formula is C29H35FN6O6S. The van der Waals surface area contributed by atoms with Crippen molar-refractivity contribution in [3.05, 3.63) is 48.2 Å². The average molecular weight is 615 g/mol. The second kappa shape index (κ2) is 11.0. The lowest BCUT2D eigenvalue weighted by molar-refractivity contribution is 0.0509. The highest BCUT2D eigenvalue weighted by Gasteiger charge is 2.61. The first-order valence-corrected chi connectivity index (χ1v) is 15.4. The van der Waals surface area contributed by atoms with Crippen molar-refractivity contribution in [2.75, 3.05) is 25.0 Å². The van der Waals surface area contributed by atoms with Crippen LogP contribution in [-0.4, -0.2) is 65.3 Å². The molecule has 0 spiro atoms. The number of amidine groups is 1. The standard InChI is InChI=1S/C29H35FN6O6S/c1-27(2,3)42-26(37)35-25-29(5,18-7-8-18)43(38,39)15-28(4,36-25)20-12-22(32-14-21(20)30)34-24-23-17(9-10-31-24)11-19(13-33-23)41-16-40-6/h9-14,18H,7-8,15-16H2,1-6H3,(H,31,32,34)(H,35,36,37)/t28-,29-/m0/s1. The summed E-state index contributed by atoms with van der Waals surface area (Å²) in [5.74, 6) is -0.377. The van der Waals surface area contributed by atoms with Gasteiger partial charge in [-0.25, -0.2) is 32.6 Å². The Kier molecular flexibility index (Phi) is 7.80. The van der Waals surface area contributed by atoms with Crippen molar-refractivity contribution in [2.45, 2.75) is 63.3 Å². The number of sulfone groups is 1. The number of amides is 1. The van der Waals surface area contributed by atoms with Gasteiger partial charge < -0.3 is 24.8 Å². The smallest absolute Gasteiger partial charge is 0.435 e. The molecule has 5 rings (SSSR count). The highest BCUT2D eigenvalue weighted by atomic mass is 32.2. The summed E-state index contributed by atoms with van der Waals surface area (Å²) in [5.41, 5.74) is -1.80. The van der Waals surface area contributed by atoms with Crippen LogP contribution in [0.1, 0.15) is 53.0 Å². The number of fused-ring (bicyclic) bond motifs is 1. The second-order valence-corrected chi connectivity index (χ2v) is 14.5. The molecule has 2 aliphatic rings. The predicted octanol–water partition coefficient (Wildman–Crippen LogP) is 4.63. The normalized spacial score (nSPS) is 24.4. The molecule has 1 amide bonds. The molecule has 0 radical (unpaired) electrons. The molecule has 4 heterocycles. The van der Waals surface area contributed by atoms with Crippen molar-refractivity contribution >= 4 is 44.3 Å². The first-order chi connectivity index (χ1) is 20.1. The van der Waals surface area contributed by atoms with Gasteiger partial charge in [0.05, 0.1) is 23.7 Å². The van der Waals surface area contributed by atoms with Crippen LogP contribution in [0.2, 0.25) is 0 Å². The van der Waals surface area contributed by atoms with Crippen LogP contribution < -0.4 is 15.4 Å². The van der Waals surface area contributed by atoms with Crippen LogP contribution in [0.4, 0.5) is 20.8 Å². The number of carbonyl (C=O) groups is 1. The molecule has 43 heavy (non-hydrogen) atoms. The zero-order valence-electron chi connectivity index (χ0n) is 24.9. The minimum Gasteiger partial charge on any atom is -0.466 e. The van der Waals surface area contributed by atoms with Crippen molar-refractivity contribution in [2.24, 2.45) is 10.9 Å². The summed E-state index contributed by atoms with van der Waals surface area (Å²) >= 11 is 0. The van der Waals surface area contributed by atoms with Gasteiger partial charge >= 0.3 is 6.09 Å². The van der Waals surface area contributed by atoms with Gasteiger partial charge in [0.2, 0.25) is 0 Å². The fraction of sp³-hybridized carbons (Fsp3) is 0.483. The van der Waals surface area contributed by atoms with Gasteiger partial charge in [0, 0.05) is 24.3 Å². The molecule has 2 N–H and O–H groups in total. The Labute approximate surface area is 249 Å². The minimum atomic E-state index is -3.93. The van der Waals surface area contributed by atoms with Gasteiger partial charge in [0.25, 0.3) is 0 Å². The highest BCUT2D eigenvalue weighted by molar-refractivity contribution is 7.93.